The standard InChI is InChI=1S/C17H11ClN4/c18-14-8-6-13(7-9-14)16-11-22-17(20-16)19-10-15(21-22)12-4-2-1-3-5-12/h1-11H. The van der Waals surface area contributed by atoms with Gasteiger partial charge in [-0.1, -0.05) is 54.1 Å². The summed E-state index contributed by atoms with van der Waals surface area (Å²) in [7, 11) is 0. The number of rotatable bonds is 2. The molecule has 0 aliphatic carbocycles. The van der Waals surface area contributed by atoms with Gasteiger partial charge in [0.15, 0.2) is 0 Å². The monoisotopic (exact) mass is 306 g/mol. The van der Waals surface area contributed by atoms with Crippen LogP contribution in [0.2, 0.25) is 5.02 Å². The predicted octanol–water partition coefficient (Wildman–Crippen LogP) is 4.11. The second kappa shape index (κ2) is 5.24. The lowest BCUT2D eigenvalue weighted by molar-refractivity contribution is 0.909. The molecule has 4 nitrogen and oxygen atoms in total. The average molecular weight is 307 g/mol. The molecule has 22 heavy (non-hydrogen) atoms. The molecule has 0 unspecified atom stereocenters. The number of hydrogen-bond acceptors (Lipinski definition) is 3. The van der Waals surface area contributed by atoms with Crippen LogP contribution in [0.15, 0.2) is 67.0 Å². The van der Waals surface area contributed by atoms with Crippen molar-refractivity contribution < 1.29 is 0 Å². The van der Waals surface area contributed by atoms with Crippen LogP contribution < -0.4 is 0 Å². The smallest absolute Gasteiger partial charge is 0.217 e. The SMILES string of the molecule is Clc1ccc(-c2cn3nc(-c4ccccc4)cnc3n2)cc1. The maximum atomic E-state index is 5.92. The molecule has 0 fully saturated rings. The number of nitrogens with zero attached hydrogens (tertiary/aromatic N) is 4. The van der Waals surface area contributed by atoms with E-state index < -0.39 is 0 Å². The van der Waals surface area contributed by atoms with Crippen LogP contribution in [0.3, 0.4) is 0 Å². The summed E-state index contributed by atoms with van der Waals surface area (Å²) in [6.07, 6.45) is 3.61. The normalized spacial score (nSPS) is 11.0. The Morgan fingerprint density at radius 2 is 1.55 bits per heavy atom. The summed E-state index contributed by atoms with van der Waals surface area (Å²) in [5, 5.41) is 5.28. The van der Waals surface area contributed by atoms with E-state index in [4.69, 9.17) is 11.6 Å². The maximum Gasteiger partial charge on any atom is 0.251 e. The molecule has 0 bridgehead atoms. The fourth-order valence-electron chi connectivity index (χ4n) is 2.28. The fourth-order valence-corrected chi connectivity index (χ4v) is 2.41. The van der Waals surface area contributed by atoms with Gasteiger partial charge in [0.2, 0.25) is 0 Å². The van der Waals surface area contributed by atoms with Gasteiger partial charge in [0.25, 0.3) is 5.78 Å². The van der Waals surface area contributed by atoms with Gasteiger partial charge in [-0.15, -0.1) is 0 Å². The van der Waals surface area contributed by atoms with Crippen LogP contribution in [0.4, 0.5) is 0 Å². The lowest BCUT2D eigenvalue weighted by atomic mass is 10.2. The zero-order valence-corrected chi connectivity index (χ0v) is 12.3. The molecule has 0 radical (unpaired) electrons. The lowest BCUT2D eigenvalue weighted by Crippen LogP contribution is -1.95. The fraction of sp³-hybridized carbons (Fsp3) is 0. The van der Waals surface area contributed by atoms with E-state index in [1.54, 1.807) is 10.7 Å². The molecule has 0 atom stereocenters. The summed E-state index contributed by atoms with van der Waals surface area (Å²) in [4.78, 5) is 8.88. The first-order valence-corrected chi connectivity index (χ1v) is 7.21. The minimum atomic E-state index is 0.574. The van der Waals surface area contributed by atoms with Gasteiger partial charge >= 0.3 is 0 Å². The molecular formula is C17H11ClN4. The van der Waals surface area contributed by atoms with Crippen molar-refractivity contribution in [3.8, 4) is 22.5 Å². The van der Waals surface area contributed by atoms with E-state index in [1.807, 2.05) is 60.8 Å². The molecule has 106 valence electrons. The highest BCUT2D eigenvalue weighted by Gasteiger charge is 2.08. The van der Waals surface area contributed by atoms with E-state index in [0.29, 0.717) is 10.8 Å². The number of halogens is 1. The topological polar surface area (TPSA) is 43.1 Å². The summed E-state index contributed by atoms with van der Waals surface area (Å²) in [5.74, 6) is 0.574. The molecule has 2 aromatic heterocycles. The van der Waals surface area contributed by atoms with Crippen molar-refractivity contribution in [1.82, 2.24) is 19.6 Å². The second-order valence-corrected chi connectivity index (χ2v) is 5.32. The van der Waals surface area contributed by atoms with Gasteiger partial charge in [-0.25, -0.2) is 14.5 Å². The van der Waals surface area contributed by atoms with Gasteiger partial charge in [0.05, 0.1) is 18.1 Å². The van der Waals surface area contributed by atoms with Gasteiger partial charge in [0.1, 0.15) is 5.69 Å². The Labute approximate surface area is 132 Å². The summed E-state index contributed by atoms with van der Waals surface area (Å²) in [6, 6.07) is 17.5. The predicted molar refractivity (Wildman–Crippen MR) is 86.7 cm³/mol. The van der Waals surface area contributed by atoms with Crippen LogP contribution in [0.1, 0.15) is 0 Å². The molecule has 2 aromatic carbocycles. The molecule has 4 rings (SSSR count). The summed E-state index contributed by atoms with van der Waals surface area (Å²) < 4.78 is 1.70. The molecule has 4 aromatic rings. The van der Waals surface area contributed by atoms with E-state index in [9.17, 15) is 0 Å². The van der Waals surface area contributed by atoms with Gasteiger partial charge in [0, 0.05) is 16.1 Å². The zero-order valence-electron chi connectivity index (χ0n) is 11.5. The van der Waals surface area contributed by atoms with Crippen molar-refractivity contribution in [1.29, 1.82) is 0 Å². The van der Waals surface area contributed by atoms with Crippen molar-refractivity contribution in [2.45, 2.75) is 0 Å². The van der Waals surface area contributed by atoms with Crippen LogP contribution in [-0.2, 0) is 0 Å². The first-order valence-electron chi connectivity index (χ1n) is 6.83. The molecule has 0 amide bonds. The largest absolute Gasteiger partial charge is 0.251 e. The molecule has 0 N–H and O–H groups in total. The Kier molecular flexibility index (Phi) is 3.09. The van der Waals surface area contributed by atoms with Crippen molar-refractivity contribution in [3.05, 3.63) is 72.0 Å². The number of imidazole rings is 1. The first-order chi connectivity index (χ1) is 10.8. The number of aromatic nitrogens is 4. The molecule has 0 spiro atoms. The van der Waals surface area contributed by atoms with Crippen LogP contribution in [0, 0.1) is 0 Å². The Balaban J connectivity index is 1.80. The quantitative estimate of drug-likeness (QED) is 0.559. The van der Waals surface area contributed by atoms with Crippen LogP contribution in [0.25, 0.3) is 28.3 Å². The Bertz CT molecular complexity index is 930. The first kappa shape index (κ1) is 13.0. The van der Waals surface area contributed by atoms with E-state index in [0.717, 1.165) is 22.5 Å². The van der Waals surface area contributed by atoms with E-state index in [1.165, 1.54) is 0 Å². The van der Waals surface area contributed by atoms with Crippen LogP contribution in [0.5, 0.6) is 0 Å². The van der Waals surface area contributed by atoms with Crippen LogP contribution >= 0.6 is 11.6 Å². The third-order valence-electron chi connectivity index (χ3n) is 3.40. The van der Waals surface area contributed by atoms with Crippen molar-refractivity contribution in [2.24, 2.45) is 0 Å². The molecule has 0 saturated carbocycles. The highest BCUT2D eigenvalue weighted by Crippen LogP contribution is 2.21. The Morgan fingerprint density at radius 3 is 2.32 bits per heavy atom. The number of hydrogen-bond donors (Lipinski definition) is 0. The minimum absolute atomic E-state index is 0.574. The Morgan fingerprint density at radius 1 is 0.818 bits per heavy atom. The average Bonchev–Trinajstić information content (AvgIpc) is 2.99. The lowest BCUT2D eigenvalue weighted by Gasteiger charge is -1.99. The van der Waals surface area contributed by atoms with E-state index in [2.05, 4.69) is 15.1 Å². The Hall–Kier alpha value is -2.72. The van der Waals surface area contributed by atoms with E-state index in [-0.39, 0.29) is 0 Å². The molecule has 2 heterocycles. The van der Waals surface area contributed by atoms with Gasteiger partial charge in [-0.3, -0.25) is 0 Å². The third-order valence-corrected chi connectivity index (χ3v) is 3.65. The highest BCUT2D eigenvalue weighted by atomic mass is 35.5. The third kappa shape index (κ3) is 2.34. The highest BCUT2D eigenvalue weighted by molar-refractivity contribution is 6.30. The zero-order chi connectivity index (χ0) is 14.9. The second-order valence-electron chi connectivity index (χ2n) is 4.89. The summed E-state index contributed by atoms with van der Waals surface area (Å²) >= 11 is 5.92. The minimum Gasteiger partial charge on any atom is -0.217 e. The van der Waals surface area contributed by atoms with Crippen LogP contribution in [-0.4, -0.2) is 19.6 Å². The van der Waals surface area contributed by atoms with E-state index >= 15 is 0 Å². The molecule has 0 saturated heterocycles. The van der Waals surface area contributed by atoms with Crippen molar-refractivity contribution >= 4 is 17.4 Å². The summed E-state index contributed by atoms with van der Waals surface area (Å²) in [6.45, 7) is 0. The number of benzene rings is 2. The van der Waals surface area contributed by atoms with Crippen molar-refractivity contribution in [2.75, 3.05) is 0 Å². The van der Waals surface area contributed by atoms with Gasteiger partial charge in [-0.2, -0.15) is 5.10 Å². The van der Waals surface area contributed by atoms with Crippen molar-refractivity contribution in [3.63, 3.8) is 0 Å². The number of fused-ring (bicyclic) bond motifs is 1. The molecule has 5 heteroatoms. The summed E-state index contributed by atoms with van der Waals surface area (Å²) in [5.41, 5.74) is 3.65. The van der Waals surface area contributed by atoms with Gasteiger partial charge in [-0.05, 0) is 12.1 Å². The molecular weight excluding hydrogens is 296 g/mol. The molecule has 0 aliphatic rings. The maximum absolute atomic E-state index is 5.92. The van der Waals surface area contributed by atoms with Gasteiger partial charge < -0.3 is 0 Å². The molecule has 0 aliphatic heterocycles.